The fourth-order valence-electron chi connectivity index (χ4n) is 2.84. The molecule has 9 heteroatoms. The molecule has 30 heavy (non-hydrogen) atoms. The lowest BCUT2D eigenvalue weighted by Crippen LogP contribution is -2.50. The fourth-order valence-corrected chi connectivity index (χ4v) is 2.84. The average molecular weight is 414 g/mol. The van der Waals surface area contributed by atoms with E-state index in [1.165, 1.54) is 6.07 Å². The number of benzene rings is 1. The van der Waals surface area contributed by atoms with E-state index in [-0.39, 0.29) is 36.9 Å². The Bertz CT molecular complexity index is 949. The summed E-state index contributed by atoms with van der Waals surface area (Å²) in [6.45, 7) is 3.32. The number of esters is 2. The van der Waals surface area contributed by atoms with Crippen molar-refractivity contribution in [3.05, 3.63) is 65.3 Å². The average Bonchev–Trinajstić information content (AvgIpc) is 3.20. The highest BCUT2D eigenvalue weighted by Crippen LogP contribution is 2.17. The van der Waals surface area contributed by atoms with Crippen LogP contribution in [0, 0.1) is 0 Å². The van der Waals surface area contributed by atoms with Crippen LogP contribution in [-0.4, -0.2) is 37.2 Å². The van der Waals surface area contributed by atoms with Gasteiger partial charge in [0, 0.05) is 0 Å². The minimum Gasteiger partial charge on any atom is -0.486 e. The van der Waals surface area contributed by atoms with Gasteiger partial charge in [0.15, 0.2) is 0 Å². The normalized spacial score (nSPS) is 15.8. The number of para-hydroxylation sites is 1. The molecule has 1 aliphatic heterocycles. The first-order valence-electron chi connectivity index (χ1n) is 9.39. The number of urea groups is 1. The Morgan fingerprint density at radius 3 is 2.53 bits per heavy atom. The third kappa shape index (κ3) is 5.19. The van der Waals surface area contributed by atoms with Gasteiger partial charge in [0.2, 0.25) is 5.76 Å². The van der Waals surface area contributed by atoms with Gasteiger partial charge in [0.1, 0.15) is 24.7 Å². The predicted molar refractivity (Wildman–Crippen MR) is 105 cm³/mol. The number of nitrogens with one attached hydrogen (secondary N) is 2. The largest absolute Gasteiger partial charge is 0.486 e. The van der Waals surface area contributed by atoms with Gasteiger partial charge in [-0.1, -0.05) is 18.2 Å². The summed E-state index contributed by atoms with van der Waals surface area (Å²) >= 11 is 0. The number of furan rings is 1. The first kappa shape index (κ1) is 21.0. The standard InChI is InChI=1S/C21H22N2O7/c1-3-27-20(25)18-13(2)22-21(26)23-16(18)12-29-19(24)17-10-9-15(30-17)11-28-14-7-5-4-6-8-14/h4-10,13H,3,11-12H2,1-2H3,(H2,22,23,26)/t13-/m1/s1. The second kappa shape index (κ2) is 9.64. The van der Waals surface area contributed by atoms with Crippen molar-refractivity contribution in [3.63, 3.8) is 0 Å². The Morgan fingerprint density at radius 1 is 1.03 bits per heavy atom. The minimum atomic E-state index is -0.739. The van der Waals surface area contributed by atoms with Crippen molar-refractivity contribution in [2.75, 3.05) is 13.2 Å². The molecule has 2 amide bonds. The van der Waals surface area contributed by atoms with E-state index in [1.807, 2.05) is 18.2 Å². The van der Waals surface area contributed by atoms with E-state index in [4.69, 9.17) is 18.6 Å². The molecule has 0 saturated heterocycles. The Labute approximate surface area is 173 Å². The van der Waals surface area contributed by atoms with E-state index < -0.39 is 24.0 Å². The van der Waals surface area contributed by atoms with Crippen LogP contribution in [0.3, 0.4) is 0 Å². The maximum atomic E-state index is 12.3. The van der Waals surface area contributed by atoms with Gasteiger partial charge in [-0.15, -0.1) is 0 Å². The molecule has 158 valence electrons. The molecule has 2 aromatic rings. The Morgan fingerprint density at radius 2 is 1.80 bits per heavy atom. The van der Waals surface area contributed by atoms with Gasteiger partial charge in [-0.2, -0.15) is 0 Å². The van der Waals surface area contributed by atoms with Crippen LogP contribution in [0.2, 0.25) is 0 Å². The van der Waals surface area contributed by atoms with Crippen molar-refractivity contribution >= 4 is 18.0 Å². The number of amides is 2. The summed E-state index contributed by atoms with van der Waals surface area (Å²) in [4.78, 5) is 36.2. The van der Waals surface area contributed by atoms with Gasteiger partial charge >= 0.3 is 18.0 Å². The molecule has 1 aromatic carbocycles. The lowest BCUT2D eigenvalue weighted by atomic mass is 10.0. The first-order valence-corrected chi connectivity index (χ1v) is 9.39. The van der Waals surface area contributed by atoms with Gasteiger partial charge in [0.25, 0.3) is 0 Å². The van der Waals surface area contributed by atoms with Gasteiger partial charge in [-0.05, 0) is 38.1 Å². The van der Waals surface area contributed by atoms with Crippen molar-refractivity contribution in [1.82, 2.24) is 10.6 Å². The summed E-state index contributed by atoms with van der Waals surface area (Å²) in [7, 11) is 0. The molecular weight excluding hydrogens is 392 g/mol. The van der Waals surface area contributed by atoms with E-state index in [9.17, 15) is 14.4 Å². The van der Waals surface area contributed by atoms with Gasteiger partial charge in [-0.25, -0.2) is 14.4 Å². The first-order chi connectivity index (χ1) is 14.5. The Balaban J connectivity index is 1.62. The van der Waals surface area contributed by atoms with E-state index in [0.717, 1.165) is 0 Å². The van der Waals surface area contributed by atoms with Crippen molar-refractivity contribution < 1.29 is 33.0 Å². The second-order valence-electron chi connectivity index (χ2n) is 6.38. The summed E-state index contributed by atoms with van der Waals surface area (Å²) in [6, 6.07) is 11.2. The van der Waals surface area contributed by atoms with Crippen LogP contribution in [0.4, 0.5) is 4.79 Å². The highest BCUT2D eigenvalue weighted by atomic mass is 16.6. The van der Waals surface area contributed by atoms with E-state index in [0.29, 0.717) is 11.5 Å². The van der Waals surface area contributed by atoms with E-state index in [1.54, 1.807) is 32.0 Å². The monoisotopic (exact) mass is 414 g/mol. The summed E-state index contributed by atoms with van der Waals surface area (Å²) in [6.07, 6.45) is 0. The summed E-state index contributed by atoms with van der Waals surface area (Å²) < 4.78 is 21.3. The van der Waals surface area contributed by atoms with E-state index in [2.05, 4.69) is 10.6 Å². The topological polar surface area (TPSA) is 116 Å². The summed E-state index contributed by atoms with van der Waals surface area (Å²) in [5.74, 6) is -0.236. The van der Waals surface area contributed by atoms with Crippen LogP contribution in [0.1, 0.15) is 30.2 Å². The SMILES string of the molecule is CCOC(=O)C1=C(COC(=O)c2ccc(COc3ccccc3)o2)NC(=O)N[C@@H]1C. The number of hydrogen-bond donors (Lipinski definition) is 2. The van der Waals surface area contributed by atoms with Crippen molar-refractivity contribution in [2.45, 2.75) is 26.5 Å². The lowest BCUT2D eigenvalue weighted by molar-refractivity contribution is -0.139. The number of hydrogen-bond acceptors (Lipinski definition) is 7. The van der Waals surface area contributed by atoms with Crippen LogP contribution in [0.5, 0.6) is 5.75 Å². The molecule has 1 atom stereocenters. The molecule has 2 N–H and O–H groups in total. The maximum Gasteiger partial charge on any atom is 0.374 e. The lowest BCUT2D eigenvalue weighted by Gasteiger charge is -2.26. The van der Waals surface area contributed by atoms with Crippen LogP contribution in [-0.2, 0) is 20.9 Å². The molecule has 9 nitrogen and oxygen atoms in total. The molecule has 0 radical (unpaired) electrons. The minimum absolute atomic E-state index is 0.0201. The molecule has 0 fully saturated rings. The number of carbonyl (C=O) groups is 3. The highest BCUT2D eigenvalue weighted by molar-refractivity contribution is 5.95. The van der Waals surface area contributed by atoms with Crippen molar-refractivity contribution in [1.29, 1.82) is 0 Å². The van der Waals surface area contributed by atoms with Gasteiger partial charge < -0.3 is 29.3 Å². The highest BCUT2D eigenvalue weighted by Gasteiger charge is 2.30. The molecule has 0 spiro atoms. The Hall–Kier alpha value is -3.75. The molecular formula is C21H22N2O7. The number of rotatable bonds is 8. The molecule has 0 unspecified atom stereocenters. The molecule has 0 saturated carbocycles. The molecule has 1 aliphatic rings. The molecule has 1 aromatic heterocycles. The fraction of sp³-hybridized carbons (Fsp3) is 0.286. The van der Waals surface area contributed by atoms with Gasteiger partial charge in [-0.3, -0.25) is 0 Å². The molecule has 3 rings (SSSR count). The molecule has 0 bridgehead atoms. The summed E-state index contributed by atoms with van der Waals surface area (Å²) in [5, 5.41) is 5.05. The zero-order valence-corrected chi connectivity index (χ0v) is 16.6. The van der Waals surface area contributed by atoms with Gasteiger partial charge in [0.05, 0.1) is 23.9 Å². The third-order valence-corrected chi connectivity index (χ3v) is 4.20. The van der Waals surface area contributed by atoms with Crippen molar-refractivity contribution in [3.8, 4) is 5.75 Å². The van der Waals surface area contributed by atoms with Crippen LogP contribution < -0.4 is 15.4 Å². The molecule has 2 heterocycles. The van der Waals surface area contributed by atoms with Crippen LogP contribution in [0.25, 0.3) is 0 Å². The smallest absolute Gasteiger partial charge is 0.374 e. The van der Waals surface area contributed by atoms with E-state index >= 15 is 0 Å². The Kier molecular flexibility index (Phi) is 6.74. The zero-order chi connectivity index (χ0) is 21.5. The quantitative estimate of drug-likeness (QED) is 0.638. The summed E-state index contributed by atoms with van der Waals surface area (Å²) in [5.41, 5.74) is 0.359. The zero-order valence-electron chi connectivity index (χ0n) is 16.6. The second-order valence-corrected chi connectivity index (χ2v) is 6.38. The van der Waals surface area contributed by atoms with Crippen LogP contribution >= 0.6 is 0 Å². The number of carbonyl (C=O) groups excluding carboxylic acids is 3. The predicted octanol–water partition coefficient (Wildman–Crippen LogP) is 2.53. The number of ether oxygens (including phenoxy) is 3. The third-order valence-electron chi connectivity index (χ3n) is 4.20. The maximum absolute atomic E-state index is 12.3. The van der Waals surface area contributed by atoms with Crippen LogP contribution in [0.15, 0.2) is 58.2 Å². The van der Waals surface area contributed by atoms with Crippen molar-refractivity contribution in [2.24, 2.45) is 0 Å². The molecule has 0 aliphatic carbocycles.